The molecule has 0 aliphatic heterocycles. The molecule has 0 N–H and O–H groups in total. The Morgan fingerprint density at radius 3 is 2.53 bits per heavy atom. The number of nitrogens with zero attached hydrogens (tertiary/aromatic N) is 5. The molecule has 4 rings (SSSR count). The number of rotatable bonds is 6. The van der Waals surface area contributed by atoms with Crippen molar-refractivity contribution in [2.24, 2.45) is 7.05 Å². The number of pyridine rings is 1. The molecule has 2 aromatic heterocycles. The van der Waals surface area contributed by atoms with Gasteiger partial charge in [0.2, 0.25) is 5.82 Å². The predicted octanol–water partition coefficient (Wildman–Crippen LogP) is 3.46. The van der Waals surface area contributed by atoms with Gasteiger partial charge < -0.3 is 9.30 Å². The van der Waals surface area contributed by atoms with Gasteiger partial charge in [-0.05, 0) is 46.7 Å². The van der Waals surface area contributed by atoms with Crippen LogP contribution in [-0.2, 0) is 20.2 Å². The predicted molar refractivity (Wildman–Crippen MR) is 110 cm³/mol. The van der Waals surface area contributed by atoms with Crippen LogP contribution in [0.15, 0.2) is 65.6 Å². The molecule has 152 valence electrons. The maximum absolute atomic E-state index is 14.1. The summed E-state index contributed by atoms with van der Waals surface area (Å²) in [5.41, 5.74) is 1.89. The van der Waals surface area contributed by atoms with Gasteiger partial charge in [0.15, 0.2) is 6.61 Å². The van der Waals surface area contributed by atoms with Crippen molar-refractivity contribution in [3.8, 4) is 16.9 Å². The van der Waals surface area contributed by atoms with Gasteiger partial charge in [0.1, 0.15) is 11.6 Å². The SMILES string of the molecule is Cn1nnc(COc2ccc(-c3ccc(=O)n(Cc4ccc(Cl)cc4F)c3)cc2)n1. The molecule has 0 bridgehead atoms. The van der Waals surface area contributed by atoms with Gasteiger partial charge in [0, 0.05) is 22.8 Å². The van der Waals surface area contributed by atoms with E-state index in [0.29, 0.717) is 22.2 Å². The van der Waals surface area contributed by atoms with E-state index in [4.69, 9.17) is 16.3 Å². The third-order valence-electron chi connectivity index (χ3n) is 4.44. The van der Waals surface area contributed by atoms with E-state index in [0.717, 1.165) is 11.1 Å². The van der Waals surface area contributed by atoms with E-state index in [-0.39, 0.29) is 18.7 Å². The van der Waals surface area contributed by atoms with Gasteiger partial charge in [-0.1, -0.05) is 29.8 Å². The molecule has 0 spiro atoms. The standard InChI is InChI=1S/C21H17ClFN5O2/c1-27-25-20(24-26-27)13-30-18-7-3-14(4-8-18)15-5-9-21(29)28(11-15)12-16-2-6-17(22)10-19(16)23/h2-11H,12-13H2,1H3. The van der Waals surface area contributed by atoms with E-state index >= 15 is 0 Å². The molecule has 0 aliphatic rings. The number of benzene rings is 2. The number of tetrazole rings is 1. The van der Waals surface area contributed by atoms with E-state index in [1.165, 1.54) is 21.5 Å². The van der Waals surface area contributed by atoms with Crippen molar-refractivity contribution in [3.63, 3.8) is 0 Å². The average molecular weight is 426 g/mol. The van der Waals surface area contributed by atoms with Crippen molar-refractivity contribution in [1.29, 1.82) is 0 Å². The first-order valence-corrected chi connectivity index (χ1v) is 9.46. The van der Waals surface area contributed by atoms with Crippen LogP contribution < -0.4 is 10.3 Å². The first-order valence-electron chi connectivity index (χ1n) is 9.08. The lowest BCUT2D eigenvalue weighted by molar-refractivity contribution is 0.295. The Morgan fingerprint density at radius 2 is 1.83 bits per heavy atom. The van der Waals surface area contributed by atoms with Crippen LogP contribution in [0.2, 0.25) is 5.02 Å². The highest BCUT2D eigenvalue weighted by Gasteiger charge is 2.08. The summed E-state index contributed by atoms with van der Waals surface area (Å²) in [6.07, 6.45) is 1.70. The van der Waals surface area contributed by atoms with Crippen LogP contribution >= 0.6 is 11.6 Å². The van der Waals surface area contributed by atoms with Gasteiger partial charge in [-0.15, -0.1) is 10.2 Å². The fraction of sp³-hybridized carbons (Fsp3) is 0.143. The molecule has 30 heavy (non-hydrogen) atoms. The Hall–Kier alpha value is -3.52. The zero-order valence-electron chi connectivity index (χ0n) is 16.0. The molecule has 0 saturated carbocycles. The molecule has 4 aromatic rings. The molecular weight excluding hydrogens is 409 g/mol. The van der Waals surface area contributed by atoms with E-state index in [1.807, 2.05) is 24.3 Å². The molecular formula is C21H17ClFN5O2. The monoisotopic (exact) mass is 425 g/mol. The van der Waals surface area contributed by atoms with Crippen molar-refractivity contribution < 1.29 is 9.13 Å². The second kappa shape index (κ2) is 8.46. The van der Waals surface area contributed by atoms with Crippen LogP contribution in [0, 0.1) is 5.82 Å². The van der Waals surface area contributed by atoms with E-state index in [1.54, 1.807) is 31.4 Å². The van der Waals surface area contributed by atoms with Gasteiger partial charge in [-0.3, -0.25) is 4.79 Å². The van der Waals surface area contributed by atoms with Crippen molar-refractivity contribution in [2.45, 2.75) is 13.2 Å². The van der Waals surface area contributed by atoms with E-state index in [9.17, 15) is 9.18 Å². The Kier molecular flexibility index (Phi) is 5.58. The molecule has 9 heteroatoms. The third kappa shape index (κ3) is 4.55. The van der Waals surface area contributed by atoms with Crippen LogP contribution in [0.3, 0.4) is 0 Å². The number of aromatic nitrogens is 5. The highest BCUT2D eigenvalue weighted by Crippen LogP contribution is 2.22. The fourth-order valence-electron chi connectivity index (χ4n) is 2.93. The molecule has 7 nitrogen and oxygen atoms in total. The Bertz CT molecular complexity index is 1240. The minimum atomic E-state index is -0.445. The zero-order chi connectivity index (χ0) is 21.1. The van der Waals surface area contributed by atoms with Gasteiger partial charge in [0.25, 0.3) is 5.56 Å². The number of ether oxygens (including phenoxy) is 1. The maximum Gasteiger partial charge on any atom is 0.250 e. The quantitative estimate of drug-likeness (QED) is 0.473. The highest BCUT2D eigenvalue weighted by atomic mass is 35.5. The van der Waals surface area contributed by atoms with E-state index in [2.05, 4.69) is 15.4 Å². The van der Waals surface area contributed by atoms with Crippen molar-refractivity contribution in [1.82, 2.24) is 24.8 Å². The zero-order valence-corrected chi connectivity index (χ0v) is 16.8. The first-order chi connectivity index (χ1) is 14.5. The minimum absolute atomic E-state index is 0.113. The van der Waals surface area contributed by atoms with Crippen molar-refractivity contribution >= 4 is 11.6 Å². The second-order valence-electron chi connectivity index (χ2n) is 6.63. The molecule has 0 radical (unpaired) electrons. The number of hydrogen-bond acceptors (Lipinski definition) is 5. The van der Waals surface area contributed by atoms with Crippen LogP contribution in [0.5, 0.6) is 5.75 Å². The Balaban J connectivity index is 1.51. The number of hydrogen-bond donors (Lipinski definition) is 0. The van der Waals surface area contributed by atoms with Gasteiger partial charge in [0.05, 0.1) is 13.6 Å². The van der Waals surface area contributed by atoms with Crippen molar-refractivity contribution in [3.05, 3.63) is 93.4 Å². The molecule has 0 fully saturated rings. The smallest absolute Gasteiger partial charge is 0.250 e. The third-order valence-corrected chi connectivity index (χ3v) is 4.68. The summed E-state index contributed by atoms with van der Waals surface area (Å²) in [7, 11) is 1.69. The summed E-state index contributed by atoms with van der Waals surface area (Å²) in [5.74, 6) is 0.699. The summed E-state index contributed by atoms with van der Waals surface area (Å²) in [6, 6.07) is 15.0. The highest BCUT2D eigenvalue weighted by molar-refractivity contribution is 6.30. The minimum Gasteiger partial charge on any atom is -0.485 e. The number of halogens is 2. The average Bonchev–Trinajstić information content (AvgIpc) is 3.15. The van der Waals surface area contributed by atoms with Crippen molar-refractivity contribution in [2.75, 3.05) is 0 Å². The van der Waals surface area contributed by atoms with Gasteiger partial charge >= 0.3 is 0 Å². The molecule has 0 unspecified atom stereocenters. The second-order valence-corrected chi connectivity index (χ2v) is 7.06. The molecule has 0 aliphatic carbocycles. The molecule has 2 aromatic carbocycles. The number of aryl methyl sites for hydroxylation is 1. The normalized spacial score (nSPS) is 10.9. The molecule has 0 saturated heterocycles. The molecule has 0 amide bonds. The topological polar surface area (TPSA) is 74.8 Å². The summed E-state index contributed by atoms with van der Waals surface area (Å²) < 4.78 is 21.2. The van der Waals surface area contributed by atoms with Gasteiger partial charge in [-0.25, -0.2) is 4.39 Å². The lowest BCUT2D eigenvalue weighted by Gasteiger charge is -2.10. The summed E-state index contributed by atoms with van der Waals surface area (Å²) in [6.45, 7) is 0.326. The summed E-state index contributed by atoms with van der Waals surface area (Å²) in [4.78, 5) is 13.6. The first kappa shape index (κ1) is 19.8. The lowest BCUT2D eigenvalue weighted by Crippen LogP contribution is -2.19. The largest absolute Gasteiger partial charge is 0.485 e. The van der Waals surface area contributed by atoms with Crippen LogP contribution in [0.4, 0.5) is 4.39 Å². The fourth-order valence-corrected chi connectivity index (χ4v) is 3.09. The van der Waals surface area contributed by atoms with Crippen LogP contribution in [-0.4, -0.2) is 24.8 Å². The lowest BCUT2D eigenvalue weighted by atomic mass is 10.1. The van der Waals surface area contributed by atoms with Crippen LogP contribution in [0.1, 0.15) is 11.4 Å². The Morgan fingerprint density at radius 1 is 1.07 bits per heavy atom. The molecule has 2 heterocycles. The maximum atomic E-state index is 14.1. The van der Waals surface area contributed by atoms with Gasteiger partial charge in [-0.2, -0.15) is 4.80 Å². The van der Waals surface area contributed by atoms with E-state index < -0.39 is 5.82 Å². The summed E-state index contributed by atoms with van der Waals surface area (Å²) in [5, 5.41) is 12.0. The van der Waals surface area contributed by atoms with Crippen LogP contribution in [0.25, 0.3) is 11.1 Å². The summed E-state index contributed by atoms with van der Waals surface area (Å²) >= 11 is 5.80. The Labute approximate surface area is 176 Å². The molecule has 0 atom stereocenters.